The molecule has 0 atom stereocenters. The zero-order valence-electron chi connectivity index (χ0n) is 11.1. The van der Waals surface area contributed by atoms with E-state index in [9.17, 15) is 8.42 Å². The van der Waals surface area contributed by atoms with Crippen LogP contribution in [0.1, 0.15) is 33.6 Å². The van der Waals surface area contributed by atoms with Crippen LogP contribution in [0.25, 0.3) is 0 Å². The van der Waals surface area contributed by atoms with Crippen molar-refractivity contribution in [1.29, 1.82) is 0 Å². The quantitative estimate of drug-likeness (QED) is 0.723. The van der Waals surface area contributed by atoms with Crippen LogP contribution < -0.4 is 10.5 Å². The molecule has 1 aromatic rings. The highest BCUT2D eigenvalue weighted by Crippen LogP contribution is 2.33. The molecule has 3 N–H and O–H groups in total. The van der Waals surface area contributed by atoms with Gasteiger partial charge in [-0.15, -0.1) is 0 Å². The van der Waals surface area contributed by atoms with Crippen molar-refractivity contribution in [3.05, 3.63) is 21.1 Å². The lowest BCUT2D eigenvalue weighted by molar-refractivity contribution is 0.388. The van der Waals surface area contributed by atoms with Crippen LogP contribution in [0.5, 0.6) is 0 Å². The molecule has 108 valence electrons. The SMILES string of the molecule is CCC(C)(CC)NS(=O)(=O)c1c(Br)cc(N)cc1Br. The Morgan fingerprint density at radius 2 is 1.63 bits per heavy atom. The van der Waals surface area contributed by atoms with Crippen LogP contribution in [-0.2, 0) is 10.0 Å². The summed E-state index contributed by atoms with van der Waals surface area (Å²) >= 11 is 6.51. The first-order valence-corrected chi connectivity index (χ1v) is 9.00. The van der Waals surface area contributed by atoms with Gasteiger partial charge in [0.05, 0.1) is 0 Å². The minimum absolute atomic E-state index is 0.176. The largest absolute Gasteiger partial charge is 0.399 e. The maximum absolute atomic E-state index is 12.5. The number of hydrogen-bond acceptors (Lipinski definition) is 3. The summed E-state index contributed by atoms with van der Waals surface area (Å²) in [6.07, 6.45) is 1.43. The average molecular weight is 414 g/mol. The van der Waals surface area contributed by atoms with Crippen molar-refractivity contribution in [2.75, 3.05) is 5.73 Å². The molecule has 0 saturated heterocycles. The molecule has 4 nitrogen and oxygen atoms in total. The van der Waals surface area contributed by atoms with E-state index in [1.807, 2.05) is 20.8 Å². The lowest BCUT2D eigenvalue weighted by Gasteiger charge is -2.28. The van der Waals surface area contributed by atoms with E-state index in [-0.39, 0.29) is 4.90 Å². The molecule has 0 fully saturated rings. The molecule has 0 aliphatic carbocycles. The van der Waals surface area contributed by atoms with Gasteiger partial charge in [-0.25, -0.2) is 13.1 Å². The van der Waals surface area contributed by atoms with Gasteiger partial charge in [0, 0.05) is 20.2 Å². The molecule has 7 heteroatoms. The van der Waals surface area contributed by atoms with E-state index in [1.165, 1.54) is 0 Å². The second-order valence-corrected chi connectivity index (χ2v) is 8.01. The highest BCUT2D eigenvalue weighted by atomic mass is 79.9. The number of hydrogen-bond donors (Lipinski definition) is 2. The van der Waals surface area contributed by atoms with Crippen LogP contribution in [-0.4, -0.2) is 14.0 Å². The monoisotopic (exact) mass is 412 g/mol. The summed E-state index contributed by atoms with van der Waals surface area (Å²) in [5.41, 5.74) is 5.71. The zero-order valence-corrected chi connectivity index (χ0v) is 15.1. The first-order chi connectivity index (χ1) is 8.65. The van der Waals surface area contributed by atoms with E-state index >= 15 is 0 Å². The predicted octanol–water partition coefficient (Wildman–Crippen LogP) is 3.65. The number of rotatable bonds is 5. The van der Waals surface area contributed by atoms with E-state index in [4.69, 9.17) is 5.73 Å². The second kappa shape index (κ2) is 6.11. The maximum atomic E-state index is 12.5. The molecular formula is C12H18Br2N2O2S. The average Bonchev–Trinajstić information content (AvgIpc) is 2.26. The number of nitrogens with two attached hydrogens (primary N) is 1. The van der Waals surface area contributed by atoms with Gasteiger partial charge >= 0.3 is 0 Å². The van der Waals surface area contributed by atoms with E-state index < -0.39 is 15.6 Å². The topological polar surface area (TPSA) is 72.2 Å². The lowest BCUT2D eigenvalue weighted by atomic mass is 9.98. The number of nitrogens with one attached hydrogen (secondary N) is 1. The molecule has 0 amide bonds. The molecule has 0 radical (unpaired) electrons. The third-order valence-electron chi connectivity index (χ3n) is 3.23. The van der Waals surface area contributed by atoms with Crippen molar-refractivity contribution in [3.63, 3.8) is 0 Å². The number of sulfonamides is 1. The van der Waals surface area contributed by atoms with Crippen molar-refractivity contribution >= 4 is 47.6 Å². The molecule has 0 unspecified atom stereocenters. The summed E-state index contributed by atoms with van der Waals surface area (Å²) in [5.74, 6) is 0. The lowest BCUT2D eigenvalue weighted by Crippen LogP contribution is -2.45. The van der Waals surface area contributed by atoms with Crippen LogP contribution in [0.15, 0.2) is 26.0 Å². The highest BCUT2D eigenvalue weighted by Gasteiger charge is 2.30. The van der Waals surface area contributed by atoms with Crippen LogP contribution in [0.3, 0.4) is 0 Å². The number of nitrogen functional groups attached to an aromatic ring is 1. The van der Waals surface area contributed by atoms with Gasteiger partial charge in [0.15, 0.2) is 0 Å². The first-order valence-electron chi connectivity index (χ1n) is 5.93. The van der Waals surface area contributed by atoms with Gasteiger partial charge in [-0.05, 0) is 63.8 Å². The predicted molar refractivity (Wildman–Crippen MR) is 85.6 cm³/mol. The van der Waals surface area contributed by atoms with E-state index in [0.717, 1.165) is 0 Å². The Morgan fingerprint density at radius 3 is 2.00 bits per heavy atom. The Bertz CT molecular complexity index is 546. The van der Waals surface area contributed by atoms with Crippen LogP contribution >= 0.6 is 31.9 Å². The van der Waals surface area contributed by atoms with E-state index in [1.54, 1.807) is 12.1 Å². The van der Waals surface area contributed by atoms with Crippen molar-refractivity contribution < 1.29 is 8.42 Å². The minimum atomic E-state index is -3.62. The molecule has 0 heterocycles. The van der Waals surface area contributed by atoms with Crippen molar-refractivity contribution in [1.82, 2.24) is 4.72 Å². The number of anilines is 1. The van der Waals surface area contributed by atoms with Gasteiger partial charge in [0.25, 0.3) is 0 Å². The smallest absolute Gasteiger partial charge is 0.243 e. The Kier molecular flexibility index (Phi) is 5.45. The Labute approximate surface area is 131 Å². The maximum Gasteiger partial charge on any atom is 0.243 e. The molecule has 0 aliphatic rings. The minimum Gasteiger partial charge on any atom is -0.399 e. The molecule has 1 rings (SSSR count). The van der Waals surface area contributed by atoms with E-state index in [2.05, 4.69) is 36.6 Å². The van der Waals surface area contributed by atoms with Crippen LogP contribution in [0.2, 0.25) is 0 Å². The van der Waals surface area contributed by atoms with Gasteiger partial charge in [-0.3, -0.25) is 0 Å². The third-order valence-corrected chi connectivity index (χ3v) is 6.75. The fourth-order valence-electron chi connectivity index (χ4n) is 1.61. The van der Waals surface area contributed by atoms with Gasteiger partial charge in [0.1, 0.15) is 4.90 Å². The Hall–Kier alpha value is -0.110. The van der Waals surface area contributed by atoms with Crippen molar-refractivity contribution in [3.8, 4) is 0 Å². The molecule has 0 aromatic heterocycles. The standard InChI is InChI=1S/C12H18Br2N2O2S/c1-4-12(3,5-2)16-19(17,18)11-9(13)6-8(15)7-10(11)14/h6-7,16H,4-5,15H2,1-3H3. The number of halogens is 2. The summed E-state index contributed by atoms with van der Waals surface area (Å²) in [5, 5.41) is 0. The molecule has 19 heavy (non-hydrogen) atoms. The highest BCUT2D eigenvalue weighted by molar-refractivity contribution is 9.11. The Balaban J connectivity index is 3.29. The summed E-state index contributed by atoms with van der Waals surface area (Å²) in [4.78, 5) is 0.176. The Morgan fingerprint density at radius 1 is 1.21 bits per heavy atom. The fraction of sp³-hybridized carbons (Fsp3) is 0.500. The van der Waals surface area contributed by atoms with Crippen molar-refractivity contribution in [2.45, 2.75) is 44.0 Å². The fourth-order valence-corrected chi connectivity index (χ4v) is 5.78. The van der Waals surface area contributed by atoms with Crippen LogP contribution in [0.4, 0.5) is 5.69 Å². The summed E-state index contributed by atoms with van der Waals surface area (Å²) in [7, 11) is -3.62. The molecule has 0 aliphatic heterocycles. The van der Waals surface area contributed by atoms with Crippen LogP contribution in [0, 0.1) is 0 Å². The summed E-state index contributed by atoms with van der Waals surface area (Å²) in [6, 6.07) is 3.16. The molecule has 0 spiro atoms. The normalized spacial score (nSPS) is 12.7. The summed E-state index contributed by atoms with van der Waals surface area (Å²) in [6.45, 7) is 5.81. The second-order valence-electron chi connectivity index (χ2n) is 4.69. The van der Waals surface area contributed by atoms with Gasteiger partial charge in [0.2, 0.25) is 10.0 Å². The van der Waals surface area contributed by atoms with Gasteiger partial charge in [-0.2, -0.15) is 0 Å². The molecule has 0 saturated carbocycles. The van der Waals surface area contributed by atoms with E-state index in [0.29, 0.717) is 27.5 Å². The van der Waals surface area contributed by atoms with Crippen molar-refractivity contribution in [2.24, 2.45) is 0 Å². The third kappa shape index (κ3) is 3.93. The van der Waals surface area contributed by atoms with Gasteiger partial charge in [-0.1, -0.05) is 13.8 Å². The molecular weight excluding hydrogens is 396 g/mol. The number of benzene rings is 1. The molecule has 0 bridgehead atoms. The van der Waals surface area contributed by atoms with Gasteiger partial charge < -0.3 is 5.73 Å². The zero-order chi connectivity index (χ0) is 14.8. The summed E-state index contributed by atoms with van der Waals surface area (Å²) < 4.78 is 28.7. The first kappa shape index (κ1) is 16.9. The molecule has 1 aromatic carbocycles.